The van der Waals surface area contributed by atoms with E-state index in [9.17, 15) is 0 Å². The average molecular weight is 409 g/mol. The molecule has 0 aliphatic carbocycles. The van der Waals surface area contributed by atoms with Crippen LogP contribution in [0.15, 0.2) is 39.1 Å². The van der Waals surface area contributed by atoms with Gasteiger partial charge in [0, 0.05) is 36.0 Å². The van der Waals surface area contributed by atoms with Crippen LogP contribution in [-0.2, 0) is 0 Å². The minimum absolute atomic E-state index is 0.0255. The highest BCUT2D eigenvalue weighted by molar-refractivity contribution is 8.00. The van der Waals surface area contributed by atoms with Crippen molar-refractivity contribution in [3.05, 3.63) is 35.3 Å². The molecule has 0 saturated heterocycles. The number of hydrogen-bond donors (Lipinski definition) is 2. The summed E-state index contributed by atoms with van der Waals surface area (Å²) in [7, 11) is 3.34. The number of ether oxygens (including phenoxy) is 2. The van der Waals surface area contributed by atoms with Gasteiger partial charge in [0.05, 0.1) is 20.3 Å². The first-order valence-corrected chi connectivity index (χ1v) is 10.8. The maximum absolute atomic E-state index is 5.49. The van der Waals surface area contributed by atoms with Gasteiger partial charge >= 0.3 is 0 Å². The highest BCUT2D eigenvalue weighted by Gasteiger charge is 2.14. The molecular weight excluding hydrogens is 380 g/mol. The van der Waals surface area contributed by atoms with Gasteiger partial charge in [-0.15, -0.1) is 11.3 Å². The van der Waals surface area contributed by atoms with Gasteiger partial charge < -0.3 is 20.1 Å². The van der Waals surface area contributed by atoms with Crippen LogP contribution < -0.4 is 20.1 Å². The van der Waals surface area contributed by atoms with Crippen LogP contribution in [0.1, 0.15) is 31.9 Å². The van der Waals surface area contributed by atoms with E-state index in [1.165, 1.54) is 0 Å². The predicted molar refractivity (Wildman–Crippen MR) is 115 cm³/mol. The molecule has 27 heavy (non-hydrogen) atoms. The normalized spacial score (nSPS) is 12.5. The molecule has 0 spiro atoms. The first kappa shape index (κ1) is 21.4. The molecule has 2 rings (SSSR count). The Morgan fingerprint density at radius 1 is 1.33 bits per heavy atom. The number of guanidine groups is 1. The van der Waals surface area contributed by atoms with Crippen molar-refractivity contribution >= 4 is 29.1 Å². The van der Waals surface area contributed by atoms with Crippen LogP contribution in [0.4, 0.5) is 0 Å². The number of thioether (sulfide) groups is 1. The number of nitrogens with one attached hydrogen (secondary N) is 2. The topological polar surface area (TPSA) is 67.8 Å². The fourth-order valence-corrected chi connectivity index (χ4v) is 4.11. The summed E-state index contributed by atoms with van der Waals surface area (Å²) in [5, 5.41) is 8.76. The number of aromatic nitrogens is 1. The van der Waals surface area contributed by atoms with E-state index < -0.39 is 0 Å². The lowest BCUT2D eigenvalue weighted by molar-refractivity contribution is 0.394. The summed E-state index contributed by atoms with van der Waals surface area (Å²) < 4.78 is 11.9. The predicted octanol–water partition coefficient (Wildman–Crippen LogP) is 3.96. The summed E-state index contributed by atoms with van der Waals surface area (Å²) in [6.45, 7) is 5.71. The number of hydrogen-bond acceptors (Lipinski definition) is 6. The highest BCUT2D eigenvalue weighted by Crippen LogP contribution is 2.29. The molecule has 8 heteroatoms. The Balaban J connectivity index is 1.93. The fourth-order valence-electron chi connectivity index (χ4n) is 2.48. The Morgan fingerprint density at radius 2 is 2.19 bits per heavy atom. The largest absolute Gasteiger partial charge is 0.497 e. The van der Waals surface area contributed by atoms with Crippen LogP contribution in [-0.4, -0.2) is 44.0 Å². The van der Waals surface area contributed by atoms with Crippen molar-refractivity contribution in [3.8, 4) is 11.5 Å². The summed E-state index contributed by atoms with van der Waals surface area (Å²) in [5.74, 6) is 3.44. The van der Waals surface area contributed by atoms with E-state index in [0.717, 1.165) is 52.6 Å². The lowest BCUT2D eigenvalue weighted by Gasteiger charge is -2.20. The standard InChI is InChI=1S/C19H28N4O2S2/c1-5-20-18(21-9-6-11-26-19-22-10-12-27-19)23-14(2)16-13-15(24-3)7-8-17(16)25-4/h7-8,10,12-14H,5-6,9,11H2,1-4H3,(H2,20,21,23). The number of benzene rings is 1. The molecule has 1 aromatic carbocycles. The van der Waals surface area contributed by atoms with E-state index in [0.29, 0.717) is 0 Å². The van der Waals surface area contributed by atoms with Gasteiger partial charge in [0.2, 0.25) is 0 Å². The van der Waals surface area contributed by atoms with E-state index in [-0.39, 0.29) is 6.04 Å². The van der Waals surface area contributed by atoms with Gasteiger partial charge in [0.15, 0.2) is 5.96 Å². The second-order valence-electron chi connectivity index (χ2n) is 5.73. The third kappa shape index (κ3) is 6.95. The van der Waals surface area contributed by atoms with Crippen molar-refractivity contribution in [1.82, 2.24) is 15.6 Å². The number of nitrogens with zero attached hydrogens (tertiary/aromatic N) is 2. The van der Waals surface area contributed by atoms with Crippen LogP contribution in [0.25, 0.3) is 0 Å². The highest BCUT2D eigenvalue weighted by atomic mass is 32.2. The van der Waals surface area contributed by atoms with Crippen molar-refractivity contribution in [2.45, 2.75) is 30.6 Å². The molecular formula is C19H28N4O2S2. The molecule has 1 atom stereocenters. The minimum Gasteiger partial charge on any atom is -0.497 e. The molecule has 0 aliphatic heterocycles. The van der Waals surface area contributed by atoms with Crippen molar-refractivity contribution in [1.29, 1.82) is 0 Å². The number of aliphatic imine (C=N–C) groups is 1. The molecule has 1 unspecified atom stereocenters. The Hall–Kier alpha value is -1.93. The van der Waals surface area contributed by atoms with Crippen molar-refractivity contribution in [2.75, 3.05) is 33.1 Å². The zero-order chi connectivity index (χ0) is 19.5. The summed E-state index contributed by atoms with van der Waals surface area (Å²) in [6, 6.07) is 5.84. The van der Waals surface area contributed by atoms with E-state index in [4.69, 9.17) is 9.47 Å². The van der Waals surface area contributed by atoms with Gasteiger partial charge in [-0.25, -0.2) is 4.98 Å². The fraction of sp³-hybridized carbons (Fsp3) is 0.474. The lowest BCUT2D eigenvalue weighted by Crippen LogP contribution is -2.39. The van der Waals surface area contributed by atoms with E-state index >= 15 is 0 Å². The first-order chi connectivity index (χ1) is 13.2. The molecule has 0 fully saturated rings. The van der Waals surface area contributed by atoms with Crippen molar-refractivity contribution in [2.24, 2.45) is 4.99 Å². The Morgan fingerprint density at radius 3 is 2.85 bits per heavy atom. The Bertz CT molecular complexity index is 708. The molecule has 148 valence electrons. The second kappa shape index (κ2) is 11.7. The molecule has 0 saturated carbocycles. The number of methoxy groups -OCH3 is 2. The molecule has 1 aromatic heterocycles. The van der Waals surface area contributed by atoms with Crippen LogP contribution in [0.5, 0.6) is 11.5 Å². The van der Waals surface area contributed by atoms with E-state index in [1.807, 2.05) is 29.8 Å². The quantitative estimate of drug-likeness (QED) is 0.268. The summed E-state index contributed by atoms with van der Waals surface area (Å²) in [6.07, 6.45) is 2.84. The summed E-state index contributed by atoms with van der Waals surface area (Å²) in [4.78, 5) is 8.97. The molecule has 0 bridgehead atoms. The third-order valence-corrected chi connectivity index (χ3v) is 5.86. The van der Waals surface area contributed by atoms with Crippen molar-refractivity contribution < 1.29 is 9.47 Å². The molecule has 1 heterocycles. The third-order valence-electron chi connectivity index (χ3n) is 3.81. The summed E-state index contributed by atoms with van der Waals surface area (Å²) in [5.41, 5.74) is 1.03. The van der Waals surface area contributed by atoms with E-state index in [1.54, 1.807) is 37.3 Å². The van der Waals surface area contributed by atoms with Gasteiger partial charge in [-0.1, -0.05) is 11.8 Å². The number of rotatable bonds is 10. The first-order valence-electron chi connectivity index (χ1n) is 8.97. The van der Waals surface area contributed by atoms with E-state index in [2.05, 4.69) is 34.5 Å². The van der Waals surface area contributed by atoms with Crippen LogP contribution in [0, 0.1) is 0 Å². The minimum atomic E-state index is 0.0255. The lowest BCUT2D eigenvalue weighted by atomic mass is 10.1. The molecule has 0 radical (unpaired) electrons. The average Bonchev–Trinajstić information content (AvgIpc) is 3.20. The zero-order valence-corrected chi connectivity index (χ0v) is 18.0. The summed E-state index contributed by atoms with van der Waals surface area (Å²) >= 11 is 3.46. The molecule has 2 aromatic rings. The monoisotopic (exact) mass is 408 g/mol. The Labute approximate surface area is 169 Å². The number of thiazole rings is 1. The van der Waals surface area contributed by atoms with Crippen LogP contribution >= 0.6 is 23.1 Å². The zero-order valence-electron chi connectivity index (χ0n) is 16.3. The van der Waals surface area contributed by atoms with Gasteiger partial charge in [-0.05, 0) is 38.5 Å². The van der Waals surface area contributed by atoms with Crippen molar-refractivity contribution in [3.63, 3.8) is 0 Å². The maximum atomic E-state index is 5.49. The van der Waals surface area contributed by atoms with Crippen LogP contribution in [0.2, 0.25) is 0 Å². The van der Waals surface area contributed by atoms with Gasteiger partial charge in [-0.2, -0.15) is 0 Å². The SMILES string of the molecule is CCNC(=NCCCSc1nccs1)NC(C)c1cc(OC)ccc1OC. The molecule has 0 amide bonds. The van der Waals surface area contributed by atoms with Gasteiger partial charge in [0.25, 0.3) is 0 Å². The second-order valence-corrected chi connectivity index (χ2v) is 7.97. The smallest absolute Gasteiger partial charge is 0.191 e. The van der Waals surface area contributed by atoms with Gasteiger partial charge in [-0.3, -0.25) is 4.99 Å². The molecule has 6 nitrogen and oxygen atoms in total. The Kier molecular flexibility index (Phi) is 9.27. The molecule has 0 aliphatic rings. The van der Waals surface area contributed by atoms with Crippen LogP contribution in [0.3, 0.4) is 0 Å². The maximum Gasteiger partial charge on any atom is 0.191 e. The van der Waals surface area contributed by atoms with Gasteiger partial charge in [0.1, 0.15) is 15.8 Å². The molecule has 2 N–H and O–H groups in total.